The molecule has 0 aliphatic heterocycles. The maximum absolute atomic E-state index is 13.8. The van der Waals surface area contributed by atoms with Crippen molar-refractivity contribution in [3.8, 4) is 0 Å². The molecule has 9 heteroatoms. The van der Waals surface area contributed by atoms with Gasteiger partial charge in [0, 0.05) is 0 Å². The van der Waals surface area contributed by atoms with E-state index in [-0.39, 0.29) is 23.4 Å². The quantitative estimate of drug-likeness (QED) is 0.673. The number of nitrogens with zero attached hydrogens (tertiary/aromatic N) is 2. The Hall–Kier alpha value is -2.65. The summed E-state index contributed by atoms with van der Waals surface area (Å²) in [5.74, 6) is -2.35. The third kappa shape index (κ3) is 3.47. The second-order valence-corrected chi connectivity index (χ2v) is 6.81. The second-order valence-electron chi connectivity index (χ2n) is 5.81. The number of aliphatic hydroxyl groups excluding tert-OH is 1. The molecule has 1 N–H and O–H groups in total. The molecule has 0 bridgehead atoms. The van der Waals surface area contributed by atoms with Crippen LogP contribution in [0.15, 0.2) is 29.3 Å². The van der Waals surface area contributed by atoms with Crippen LogP contribution in [0.2, 0.25) is 0 Å². The first kappa shape index (κ1) is 19.1. The minimum absolute atomic E-state index is 0.199. The van der Waals surface area contributed by atoms with Gasteiger partial charge in [0.15, 0.2) is 0 Å². The van der Waals surface area contributed by atoms with E-state index < -0.39 is 34.8 Å². The van der Waals surface area contributed by atoms with Crippen LogP contribution in [0.25, 0.3) is 10.2 Å². The molecule has 0 fully saturated rings. The van der Waals surface area contributed by atoms with Gasteiger partial charge >= 0.3 is 5.97 Å². The number of hydrogen-bond acceptors (Lipinski definition) is 6. The predicted molar refractivity (Wildman–Crippen MR) is 95.9 cm³/mol. The Bertz CT molecular complexity index is 1060. The molecular weight excluding hydrogens is 378 g/mol. The van der Waals surface area contributed by atoms with Crippen molar-refractivity contribution in [3.63, 3.8) is 0 Å². The number of aromatic nitrogens is 2. The molecule has 1 atom stereocenters. The summed E-state index contributed by atoms with van der Waals surface area (Å²) in [5, 5.41) is 10.4. The van der Waals surface area contributed by atoms with Gasteiger partial charge in [-0.3, -0.25) is 9.36 Å². The summed E-state index contributed by atoms with van der Waals surface area (Å²) in [4.78, 5) is 29.5. The Labute approximate surface area is 156 Å². The summed E-state index contributed by atoms with van der Waals surface area (Å²) >= 11 is 1.03. The van der Waals surface area contributed by atoms with Crippen LogP contribution in [0.4, 0.5) is 8.78 Å². The number of thiophene rings is 1. The first-order valence-electron chi connectivity index (χ1n) is 8.12. The van der Waals surface area contributed by atoms with Crippen LogP contribution in [-0.4, -0.2) is 27.2 Å². The molecule has 27 heavy (non-hydrogen) atoms. The van der Waals surface area contributed by atoms with E-state index in [1.807, 2.05) is 0 Å². The number of ether oxygens (including phenoxy) is 1. The van der Waals surface area contributed by atoms with Crippen molar-refractivity contribution in [2.75, 3.05) is 6.61 Å². The van der Waals surface area contributed by atoms with Crippen molar-refractivity contribution in [1.29, 1.82) is 0 Å². The van der Waals surface area contributed by atoms with Crippen LogP contribution in [0, 0.1) is 18.6 Å². The molecule has 1 unspecified atom stereocenters. The SMILES string of the molecule is CCOC(=O)c1sc2ncn(CC(O)c3c(F)cccc3F)c(=O)c2c1C. The van der Waals surface area contributed by atoms with Crippen molar-refractivity contribution in [2.45, 2.75) is 26.5 Å². The van der Waals surface area contributed by atoms with Gasteiger partial charge in [0.05, 0.1) is 30.4 Å². The van der Waals surface area contributed by atoms with E-state index >= 15 is 0 Å². The van der Waals surface area contributed by atoms with E-state index in [1.165, 1.54) is 12.4 Å². The normalized spacial score (nSPS) is 12.3. The standard InChI is InChI=1S/C18H16F2N2O4S/c1-3-26-18(25)15-9(2)13-16(27-15)21-8-22(17(13)24)7-12(23)14-10(19)5-4-6-11(14)20/h4-6,8,12,23H,3,7H2,1-2H3. The van der Waals surface area contributed by atoms with Crippen LogP contribution < -0.4 is 5.56 Å². The van der Waals surface area contributed by atoms with E-state index in [0.717, 1.165) is 28.0 Å². The zero-order valence-corrected chi connectivity index (χ0v) is 15.3. The Morgan fingerprint density at radius 1 is 1.37 bits per heavy atom. The lowest BCUT2D eigenvalue weighted by molar-refractivity contribution is 0.0531. The van der Waals surface area contributed by atoms with E-state index in [4.69, 9.17) is 4.74 Å². The summed E-state index contributed by atoms with van der Waals surface area (Å²) in [6.07, 6.45) is -0.399. The molecule has 0 spiro atoms. The molecule has 2 aromatic heterocycles. The molecule has 0 aliphatic rings. The Kier molecular flexibility index (Phi) is 5.33. The van der Waals surface area contributed by atoms with Gasteiger partial charge in [-0.25, -0.2) is 18.6 Å². The minimum Gasteiger partial charge on any atom is -0.462 e. The van der Waals surface area contributed by atoms with Gasteiger partial charge in [0.25, 0.3) is 5.56 Å². The zero-order chi connectivity index (χ0) is 19.7. The number of carbonyl (C=O) groups excluding carboxylic acids is 1. The van der Waals surface area contributed by atoms with Gasteiger partial charge < -0.3 is 9.84 Å². The van der Waals surface area contributed by atoms with Gasteiger partial charge in [0.1, 0.15) is 27.4 Å². The molecule has 0 radical (unpaired) electrons. The van der Waals surface area contributed by atoms with Crippen LogP contribution in [-0.2, 0) is 11.3 Å². The maximum Gasteiger partial charge on any atom is 0.348 e. The third-order valence-electron chi connectivity index (χ3n) is 4.08. The van der Waals surface area contributed by atoms with E-state index in [0.29, 0.717) is 10.4 Å². The molecule has 0 saturated carbocycles. The Morgan fingerprint density at radius 3 is 2.67 bits per heavy atom. The number of aryl methyl sites for hydroxylation is 1. The predicted octanol–water partition coefficient (Wildman–Crippen LogP) is 2.95. The molecule has 6 nitrogen and oxygen atoms in total. The van der Waals surface area contributed by atoms with Crippen LogP contribution >= 0.6 is 11.3 Å². The minimum atomic E-state index is -1.58. The Balaban J connectivity index is 2.01. The number of halogens is 2. The van der Waals surface area contributed by atoms with Gasteiger partial charge in [0.2, 0.25) is 0 Å². The fourth-order valence-electron chi connectivity index (χ4n) is 2.79. The van der Waals surface area contributed by atoms with Gasteiger partial charge in [-0.2, -0.15) is 0 Å². The summed E-state index contributed by atoms with van der Waals surface area (Å²) in [6.45, 7) is 3.09. The number of rotatable bonds is 5. The first-order valence-corrected chi connectivity index (χ1v) is 8.94. The van der Waals surface area contributed by atoms with E-state index in [9.17, 15) is 23.5 Å². The molecule has 1 aromatic carbocycles. The highest BCUT2D eigenvalue weighted by atomic mass is 32.1. The highest BCUT2D eigenvalue weighted by Gasteiger charge is 2.22. The lowest BCUT2D eigenvalue weighted by Gasteiger charge is -2.14. The van der Waals surface area contributed by atoms with Crippen molar-refractivity contribution >= 4 is 27.5 Å². The first-order chi connectivity index (χ1) is 12.8. The smallest absolute Gasteiger partial charge is 0.348 e. The molecular formula is C18H16F2N2O4S. The number of hydrogen-bond donors (Lipinski definition) is 1. The van der Waals surface area contributed by atoms with Crippen molar-refractivity contribution in [1.82, 2.24) is 9.55 Å². The van der Waals surface area contributed by atoms with Crippen molar-refractivity contribution < 1.29 is 23.4 Å². The maximum atomic E-state index is 13.8. The molecule has 0 amide bonds. The second kappa shape index (κ2) is 7.53. The number of fused-ring (bicyclic) bond motifs is 1. The van der Waals surface area contributed by atoms with E-state index in [2.05, 4.69) is 4.98 Å². The average molecular weight is 394 g/mol. The summed E-state index contributed by atoms with van der Waals surface area (Å²) in [7, 11) is 0. The molecule has 3 aromatic rings. The van der Waals surface area contributed by atoms with Crippen molar-refractivity contribution in [2.24, 2.45) is 0 Å². The Morgan fingerprint density at radius 2 is 2.04 bits per heavy atom. The highest BCUT2D eigenvalue weighted by Crippen LogP contribution is 2.28. The molecule has 3 rings (SSSR count). The third-order valence-corrected chi connectivity index (χ3v) is 5.26. The molecule has 2 heterocycles. The van der Waals surface area contributed by atoms with Gasteiger partial charge in [-0.1, -0.05) is 6.07 Å². The largest absolute Gasteiger partial charge is 0.462 e. The lowest BCUT2D eigenvalue weighted by atomic mass is 10.1. The number of esters is 1. The summed E-state index contributed by atoms with van der Waals surface area (Å²) in [6, 6.07) is 3.24. The summed E-state index contributed by atoms with van der Waals surface area (Å²) < 4.78 is 33.7. The van der Waals surface area contributed by atoms with Crippen LogP contribution in [0.1, 0.15) is 33.8 Å². The van der Waals surface area contributed by atoms with Gasteiger partial charge in [-0.05, 0) is 31.5 Å². The molecule has 0 aliphatic carbocycles. The number of benzene rings is 1. The monoisotopic (exact) mass is 394 g/mol. The lowest BCUT2D eigenvalue weighted by Crippen LogP contribution is -2.24. The topological polar surface area (TPSA) is 81.4 Å². The number of aliphatic hydroxyl groups is 1. The average Bonchev–Trinajstić information content (AvgIpc) is 2.95. The van der Waals surface area contributed by atoms with Crippen LogP contribution in [0.5, 0.6) is 0 Å². The highest BCUT2D eigenvalue weighted by molar-refractivity contribution is 7.20. The fraction of sp³-hybridized carbons (Fsp3) is 0.278. The fourth-order valence-corrected chi connectivity index (χ4v) is 3.82. The molecule has 142 valence electrons. The molecule has 0 saturated heterocycles. The van der Waals surface area contributed by atoms with E-state index in [1.54, 1.807) is 13.8 Å². The van der Waals surface area contributed by atoms with Crippen molar-refractivity contribution in [3.05, 3.63) is 62.5 Å². The van der Waals surface area contributed by atoms with Crippen LogP contribution in [0.3, 0.4) is 0 Å². The zero-order valence-electron chi connectivity index (χ0n) is 14.5. The van der Waals surface area contributed by atoms with Gasteiger partial charge in [-0.15, -0.1) is 11.3 Å². The number of carbonyl (C=O) groups is 1. The summed E-state index contributed by atoms with van der Waals surface area (Å²) in [5.41, 5.74) is -0.606.